The molecule has 0 aromatic carbocycles. The lowest BCUT2D eigenvalue weighted by Gasteiger charge is -2.36. The number of hydrogen-bond donors (Lipinski definition) is 2. The molecule has 2 aliphatic rings. The molecule has 1 heterocycles. The van der Waals surface area contributed by atoms with Gasteiger partial charge in [0.25, 0.3) is 0 Å². The molecular formula is C24H42N2O6. The number of carbonyl (C=O) groups is 3. The van der Waals surface area contributed by atoms with Crippen LogP contribution in [0, 0.1) is 11.3 Å². The zero-order valence-electron chi connectivity index (χ0n) is 20.8. The van der Waals surface area contributed by atoms with E-state index >= 15 is 0 Å². The highest BCUT2D eigenvalue weighted by Crippen LogP contribution is 2.55. The number of rotatable bonds is 10. The summed E-state index contributed by atoms with van der Waals surface area (Å²) in [5.74, 6) is -1.14. The first-order valence-corrected chi connectivity index (χ1v) is 11.9. The Morgan fingerprint density at radius 2 is 1.88 bits per heavy atom. The van der Waals surface area contributed by atoms with E-state index in [-0.39, 0.29) is 35.8 Å². The minimum absolute atomic E-state index is 0.0269. The molecule has 1 aliphatic carbocycles. The first-order valence-electron chi connectivity index (χ1n) is 11.9. The average molecular weight is 455 g/mol. The SMILES string of the molecule is CCCCNC(=O)[C@H](C)C[C@@H]1OC(C)(C)N(C(=O)OC(C)(C)C)[C@H]1CC1(CC(=O)O)CC1. The van der Waals surface area contributed by atoms with E-state index in [4.69, 9.17) is 9.47 Å². The Morgan fingerprint density at radius 3 is 2.38 bits per heavy atom. The van der Waals surface area contributed by atoms with Gasteiger partial charge in [-0.15, -0.1) is 0 Å². The van der Waals surface area contributed by atoms with Gasteiger partial charge in [-0.1, -0.05) is 20.3 Å². The van der Waals surface area contributed by atoms with Crippen LogP contribution in [0.4, 0.5) is 4.79 Å². The predicted molar refractivity (Wildman–Crippen MR) is 121 cm³/mol. The number of nitrogens with zero attached hydrogens (tertiary/aromatic N) is 1. The molecule has 8 heteroatoms. The summed E-state index contributed by atoms with van der Waals surface area (Å²) in [5.41, 5.74) is -1.92. The van der Waals surface area contributed by atoms with Gasteiger partial charge in [-0.2, -0.15) is 0 Å². The Labute approximate surface area is 192 Å². The number of unbranched alkanes of at least 4 members (excludes halogenated alkanes) is 1. The molecule has 1 saturated heterocycles. The highest BCUT2D eigenvalue weighted by atomic mass is 16.6. The van der Waals surface area contributed by atoms with Gasteiger partial charge in [0, 0.05) is 12.5 Å². The van der Waals surface area contributed by atoms with Crippen LogP contribution in [0.15, 0.2) is 0 Å². The third-order valence-electron chi connectivity index (χ3n) is 6.36. The number of nitrogens with one attached hydrogen (secondary N) is 1. The van der Waals surface area contributed by atoms with Crippen LogP contribution in [0.25, 0.3) is 0 Å². The second-order valence-corrected chi connectivity index (χ2v) is 11.1. The molecule has 1 saturated carbocycles. The summed E-state index contributed by atoms with van der Waals surface area (Å²) in [4.78, 5) is 38.8. The van der Waals surface area contributed by atoms with Crippen LogP contribution < -0.4 is 5.32 Å². The van der Waals surface area contributed by atoms with Crippen molar-refractivity contribution in [3.8, 4) is 0 Å². The summed E-state index contributed by atoms with van der Waals surface area (Å²) in [6.07, 6.45) is 3.77. The minimum atomic E-state index is -0.921. The van der Waals surface area contributed by atoms with E-state index in [0.29, 0.717) is 19.4 Å². The number of amides is 2. The van der Waals surface area contributed by atoms with Gasteiger partial charge in [0.2, 0.25) is 5.91 Å². The molecule has 184 valence electrons. The van der Waals surface area contributed by atoms with E-state index in [1.807, 2.05) is 41.5 Å². The fourth-order valence-electron chi connectivity index (χ4n) is 4.58. The molecule has 0 aromatic heterocycles. The first-order chi connectivity index (χ1) is 14.7. The van der Waals surface area contributed by atoms with Crippen LogP contribution in [0.5, 0.6) is 0 Å². The van der Waals surface area contributed by atoms with Gasteiger partial charge in [-0.05, 0) is 72.1 Å². The van der Waals surface area contributed by atoms with Crippen molar-refractivity contribution in [2.75, 3.05) is 6.54 Å². The highest BCUT2D eigenvalue weighted by molar-refractivity contribution is 5.78. The Morgan fingerprint density at radius 1 is 1.25 bits per heavy atom. The fraction of sp³-hybridized carbons (Fsp3) is 0.875. The Balaban J connectivity index is 2.23. The summed E-state index contributed by atoms with van der Waals surface area (Å²) in [6.45, 7) is 13.7. The Kier molecular flexibility index (Phi) is 8.24. The molecule has 0 radical (unpaired) electrons. The summed E-state index contributed by atoms with van der Waals surface area (Å²) in [6, 6.07) is -0.354. The van der Waals surface area contributed by atoms with Gasteiger partial charge in [0.15, 0.2) is 0 Å². The monoisotopic (exact) mass is 454 g/mol. The van der Waals surface area contributed by atoms with Crippen molar-refractivity contribution in [2.45, 2.75) is 117 Å². The lowest BCUT2D eigenvalue weighted by atomic mass is 9.87. The number of ether oxygens (including phenoxy) is 2. The molecule has 0 bridgehead atoms. The number of aliphatic carboxylic acids is 1. The van der Waals surface area contributed by atoms with E-state index in [9.17, 15) is 19.5 Å². The van der Waals surface area contributed by atoms with Crippen molar-refractivity contribution in [1.29, 1.82) is 0 Å². The van der Waals surface area contributed by atoms with E-state index in [2.05, 4.69) is 12.2 Å². The first kappa shape index (κ1) is 26.4. The van der Waals surface area contributed by atoms with Crippen molar-refractivity contribution < 1.29 is 29.0 Å². The zero-order valence-corrected chi connectivity index (χ0v) is 20.8. The molecule has 0 spiro atoms. The van der Waals surface area contributed by atoms with Crippen molar-refractivity contribution in [3.05, 3.63) is 0 Å². The molecule has 0 unspecified atom stereocenters. The van der Waals surface area contributed by atoms with E-state index in [1.54, 1.807) is 4.90 Å². The second-order valence-electron chi connectivity index (χ2n) is 11.1. The summed E-state index contributed by atoms with van der Waals surface area (Å²) >= 11 is 0. The van der Waals surface area contributed by atoms with Crippen LogP contribution in [0.2, 0.25) is 0 Å². The van der Waals surface area contributed by atoms with E-state index < -0.39 is 23.4 Å². The highest BCUT2D eigenvalue weighted by Gasteiger charge is 2.56. The van der Waals surface area contributed by atoms with Gasteiger partial charge in [0.1, 0.15) is 11.3 Å². The van der Waals surface area contributed by atoms with Crippen molar-refractivity contribution in [3.63, 3.8) is 0 Å². The van der Waals surface area contributed by atoms with E-state index in [0.717, 1.165) is 25.7 Å². The number of carboxylic acid groups (broad SMARTS) is 1. The largest absolute Gasteiger partial charge is 0.481 e. The van der Waals surface area contributed by atoms with Gasteiger partial charge in [0.05, 0.1) is 18.6 Å². The zero-order chi connectivity index (χ0) is 24.3. The quantitative estimate of drug-likeness (QED) is 0.477. The Hall–Kier alpha value is -1.83. The summed E-state index contributed by atoms with van der Waals surface area (Å²) in [7, 11) is 0. The lowest BCUT2D eigenvalue weighted by molar-refractivity contribution is -0.138. The molecule has 0 aromatic rings. The molecule has 3 atom stereocenters. The van der Waals surface area contributed by atoms with Crippen LogP contribution in [-0.2, 0) is 19.1 Å². The van der Waals surface area contributed by atoms with E-state index in [1.165, 1.54) is 0 Å². The molecular weight excluding hydrogens is 412 g/mol. The normalized spacial score (nSPS) is 24.7. The smallest absolute Gasteiger partial charge is 0.412 e. The number of carbonyl (C=O) groups excluding carboxylic acids is 2. The molecule has 2 amide bonds. The van der Waals surface area contributed by atoms with Crippen LogP contribution >= 0.6 is 0 Å². The van der Waals surface area contributed by atoms with Crippen LogP contribution in [0.3, 0.4) is 0 Å². The molecule has 32 heavy (non-hydrogen) atoms. The van der Waals surface area contributed by atoms with Gasteiger partial charge in [-0.25, -0.2) is 4.79 Å². The maximum atomic E-state index is 13.2. The third kappa shape index (κ3) is 7.09. The standard InChI is InChI=1S/C24H42N2O6/c1-8-9-12-25-20(29)16(2)13-18-17(14-24(10-11-24)15-19(27)28)26(23(6,7)31-18)21(30)32-22(3,4)5/h16-18H,8-15H2,1-7H3,(H,25,29)(H,27,28)/t16-,17+,18+/m1/s1. The maximum absolute atomic E-state index is 13.2. The maximum Gasteiger partial charge on any atom is 0.412 e. The average Bonchev–Trinajstić information content (AvgIpc) is 3.31. The molecule has 2 fully saturated rings. The minimum Gasteiger partial charge on any atom is -0.481 e. The van der Waals surface area contributed by atoms with Gasteiger partial charge >= 0.3 is 12.1 Å². The summed E-state index contributed by atoms with van der Waals surface area (Å²) < 4.78 is 12.0. The van der Waals surface area contributed by atoms with Crippen molar-refractivity contribution in [2.24, 2.45) is 11.3 Å². The lowest BCUT2D eigenvalue weighted by Crippen LogP contribution is -2.51. The molecule has 2 rings (SSSR count). The number of carboxylic acids is 1. The van der Waals surface area contributed by atoms with Crippen LogP contribution in [0.1, 0.15) is 93.4 Å². The van der Waals surface area contributed by atoms with Crippen LogP contribution in [-0.4, -0.2) is 58.0 Å². The fourth-order valence-corrected chi connectivity index (χ4v) is 4.58. The second kappa shape index (κ2) is 9.98. The van der Waals surface area contributed by atoms with Gasteiger partial charge in [-0.3, -0.25) is 14.5 Å². The Bertz CT molecular complexity index is 695. The molecule has 1 aliphatic heterocycles. The predicted octanol–water partition coefficient (Wildman–Crippen LogP) is 4.31. The number of hydrogen-bond acceptors (Lipinski definition) is 5. The topological polar surface area (TPSA) is 105 Å². The van der Waals surface area contributed by atoms with Crippen molar-refractivity contribution >= 4 is 18.0 Å². The third-order valence-corrected chi connectivity index (χ3v) is 6.36. The van der Waals surface area contributed by atoms with Gasteiger partial charge < -0.3 is 19.9 Å². The molecule has 2 N–H and O–H groups in total. The molecule has 8 nitrogen and oxygen atoms in total. The van der Waals surface area contributed by atoms with Crippen molar-refractivity contribution in [1.82, 2.24) is 10.2 Å². The summed E-state index contributed by atoms with van der Waals surface area (Å²) in [5, 5.41) is 12.4.